The molecule has 0 atom stereocenters. The van der Waals surface area contributed by atoms with Crippen molar-refractivity contribution in [2.45, 2.75) is 6.54 Å². The van der Waals surface area contributed by atoms with E-state index >= 15 is 0 Å². The minimum absolute atomic E-state index is 0.00348. The van der Waals surface area contributed by atoms with Gasteiger partial charge < -0.3 is 9.73 Å². The Morgan fingerprint density at radius 1 is 1.29 bits per heavy atom. The number of anilines is 1. The predicted molar refractivity (Wildman–Crippen MR) is 70.1 cm³/mol. The van der Waals surface area contributed by atoms with Crippen LogP contribution in [0.2, 0.25) is 5.02 Å². The van der Waals surface area contributed by atoms with Crippen molar-refractivity contribution in [1.29, 1.82) is 0 Å². The fourth-order valence-electron chi connectivity index (χ4n) is 1.33. The Labute approximate surface area is 115 Å². The lowest BCUT2D eigenvalue weighted by Crippen LogP contribution is -2.01. The van der Waals surface area contributed by atoms with Crippen LogP contribution in [0.15, 0.2) is 28.7 Å². The van der Waals surface area contributed by atoms with E-state index in [-0.39, 0.29) is 17.3 Å². The molecule has 1 heterocycles. The van der Waals surface area contributed by atoms with Crippen molar-refractivity contribution in [2.75, 3.05) is 5.32 Å². The number of hydrogen-bond acceptors (Lipinski definition) is 2. The molecule has 2 aromatic rings. The van der Waals surface area contributed by atoms with Crippen molar-refractivity contribution in [3.63, 3.8) is 0 Å². The Kier molecular flexibility index (Phi) is 3.88. The third-order valence-electron chi connectivity index (χ3n) is 2.08. The number of halogens is 4. The molecule has 0 unspecified atom stereocenters. The minimum Gasteiger partial charge on any atom is -0.454 e. The Bertz CT molecular complexity index is 521. The summed E-state index contributed by atoms with van der Waals surface area (Å²) in [5, 5.41) is 2.77. The van der Waals surface area contributed by atoms with E-state index in [0.29, 0.717) is 5.76 Å². The van der Waals surface area contributed by atoms with Gasteiger partial charge in [-0.3, -0.25) is 0 Å². The van der Waals surface area contributed by atoms with Gasteiger partial charge in [0.1, 0.15) is 11.6 Å². The van der Waals surface area contributed by atoms with E-state index in [1.807, 2.05) is 22.6 Å². The number of rotatable bonds is 3. The average molecular weight is 370 g/mol. The molecule has 6 heteroatoms. The molecule has 2 rings (SSSR count). The number of nitrogens with one attached hydrogen (secondary N) is 1. The van der Waals surface area contributed by atoms with Crippen LogP contribution in [0.3, 0.4) is 0 Å². The maximum absolute atomic E-state index is 13.4. The van der Waals surface area contributed by atoms with Gasteiger partial charge in [0.15, 0.2) is 9.58 Å². The number of hydrogen-bond donors (Lipinski definition) is 1. The van der Waals surface area contributed by atoms with E-state index in [1.54, 1.807) is 12.1 Å². The monoisotopic (exact) mass is 369 g/mol. The summed E-state index contributed by atoms with van der Waals surface area (Å²) < 4.78 is 32.2. The van der Waals surface area contributed by atoms with E-state index in [0.717, 1.165) is 15.9 Å². The van der Waals surface area contributed by atoms with Crippen LogP contribution < -0.4 is 5.32 Å². The normalized spacial score (nSPS) is 10.6. The molecule has 90 valence electrons. The van der Waals surface area contributed by atoms with Crippen LogP contribution in [0.1, 0.15) is 5.76 Å². The van der Waals surface area contributed by atoms with Crippen LogP contribution in [0.4, 0.5) is 14.5 Å². The molecule has 1 aromatic heterocycles. The number of benzene rings is 1. The van der Waals surface area contributed by atoms with Gasteiger partial charge in [-0.1, -0.05) is 11.6 Å². The van der Waals surface area contributed by atoms with Crippen LogP contribution in [-0.4, -0.2) is 0 Å². The maximum Gasteiger partial charge on any atom is 0.164 e. The molecule has 0 amide bonds. The zero-order valence-corrected chi connectivity index (χ0v) is 11.4. The van der Waals surface area contributed by atoms with E-state index in [9.17, 15) is 8.78 Å². The summed E-state index contributed by atoms with van der Waals surface area (Å²) in [4.78, 5) is 0. The first kappa shape index (κ1) is 12.6. The summed E-state index contributed by atoms with van der Waals surface area (Å²) in [5.74, 6) is -0.781. The first-order valence-corrected chi connectivity index (χ1v) is 6.14. The summed E-state index contributed by atoms with van der Waals surface area (Å²) in [6.45, 7) is 0.283. The Balaban J connectivity index is 2.14. The van der Waals surface area contributed by atoms with Crippen molar-refractivity contribution < 1.29 is 13.2 Å². The smallest absolute Gasteiger partial charge is 0.164 e. The third-order valence-corrected chi connectivity index (χ3v) is 2.95. The highest BCUT2D eigenvalue weighted by atomic mass is 127. The lowest BCUT2D eigenvalue weighted by atomic mass is 10.3. The van der Waals surface area contributed by atoms with Crippen LogP contribution in [0.5, 0.6) is 0 Å². The van der Waals surface area contributed by atoms with Crippen LogP contribution in [0.25, 0.3) is 0 Å². The molecule has 0 saturated carbocycles. The molecule has 0 spiro atoms. The predicted octanol–water partition coefficient (Wildman–Crippen LogP) is 4.43. The van der Waals surface area contributed by atoms with Gasteiger partial charge in [0, 0.05) is 6.07 Å². The quantitative estimate of drug-likeness (QED) is 0.810. The third kappa shape index (κ3) is 3.10. The topological polar surface area (TPSA) is 25.2 Å². The van der Waals surface area contributed by atoms with E-state index < -0.39 is 11.6 Å². The highest BCUT2D eigenvalue weighted by molar-refractivity contribution is 14.1. The molecule has 2 nitrogen and oxygen atoms in total. The fourth-order valence-corrected chi connectivity index (χ4v) is 2.06. The summed E-state index contributed by atoms with van der Waals surface area (Å²) in [5.41, 5.74) is 0.0690. The highest BCUT2D eigenvalue weighted by Crippen LogP contribution is 2.27. The molecular weight excluding hydrogens is 362 g/mol. The molecule has 0 radical (unpaired) electrons. The standard InChI is InChI=1S/C11H7ClF2INO/c12-8-3-6(13)4-9(14)11(8)16-5-7-1-2-10(15)17-7/h1-4,16H,5H2. The van der Waals surface area contributed by atoms with E-state index in [1.165, 1.54) is 0 Å². The molecular formula is C11H7ClF2INO. The Morgan fingerprint density at radius 3 is 2.65 bits per heavy atom. The van der Waals surface area contributed by atoms with Gasteiger partial charge in [0.25, 0.3) is 0 Å². The van der Waals surface area contributed by atoms with E-state index in [4.69, 9.17) is 16.0 Å². The van der Waals surface area contributed by atoms with Gasteiger partial charge in [-0.05, 0) is 40.8 Å². The fraction of sp³-hybridized carbons (Fsp3) is 0.0909. The molecule has 17 heavy (non-hydrogen) atoms. The van der Waals surface area contributed by atoms with Gasteiger partial charge in [-0.15, -0.1) is 0 Å². The van der Waals surface area contributed by atoms with Gasteiger partial charge >= 0.3 is 0 Å². The van der Waals surface area contributed by atoms with E-state index in [2.05, 4.69) is 5.32 Å². The molecule has 1 aromatic carbocycles. The molecule has 0 bridgehead atoms. The second-order valence-corrected chi connectivity index (χ2v) is 4.77. The Hall–Kier alpha value is -0.820. The molecule has 0 fully saturated rings. The van der Waals surface area contributed by atoms with Crippen molar-refractivity contribution in [3.8, 4) is 0 Å². The largest absolute Gasteiger partial charge is 0.454 e. The molecule has 1 N–H and O–H groups in total. The molecule has 0 saturated heterocycles. The van der Waals surface area contributed by atoms with Crippen LogP contribution in [-0.2, 0) is 6.54 Å². The van der Waals surface area contributed by atoms with Gasteiger partial charge in [-0.25, -0.2) is 8.78 Å². The van der Waals surface area contributed by atoms with Crippen LogP contribution in [0, 0.1) is 15.4 Å². The number of furan rings is 1. The lowest BCUT2D eigenvalue weighted by molar-refractivity contribution is 0.492. The second-order valence-electron chi connectivity index (χ2n) is 3.30. The lowest BCUT2D eigenvalue weighted by Gasteiger charge is -2.08. The Morgan fingerprint density at radius 2 is 2.06 bits per heavy atom. The zero-order valence-electron chi connectivity index (χ0n) is 8.44. The van der Waals surface area contributed by atoms with Crippen molar-refractivity contribution in [3.05, 3.63) is 50.4 Å². The van der Waals surface area contributed by atoms with Gasteiger partial charge in [0.2, 0.25) is 0 Å². The summed E-state index contributed by atoms with van der Waals surface area (Å²) in [7, 11) is 0. The summed E-state index contributed by atoms with van der Waals surface area (Å²) in [6.07, 6.45) is 0. The summed E-state index contributed by atoms with van der Waals surface area (Å²) in [6, 6.07) is 5.39. The maximum atomic E-state index is 13.4. The molecule has 0 aliphatic carbocycles. The van der Waals surface area contributed by atoms with Crippen molar-refractivity contribution in [2.24, 2.45) is 0 Å². The van der Waals surface area contributed by atoms with Crippen molar-refractivity contribution >= 4 is 39.9 Å². The van der Waals surface area contributed by atoms with Crippen molar-refractivity contribution in [1.82, 2.24) is 0 Å². The molecule has 0 aliphatic heterocycles. The average Bonchev–Trinajstić information content (AvgIpc) is 2.62. The SMILES string of the molecule is Fc1cc(F)c(NCc2ccc(I)o2)c(Cl)c1. The zero-order chi connectivity index (χ0) is 12.4. The van der Waals surface area contributed by atoms with Crippen LogP contribution >= 0.6 is 34.2 Å². The first-order valence-electron chi connectivity index (χ1n) is 4.69. The highest BCUT2D eigenvalue weighted by Gasteiger charge is 2.10. The molecule has 0 aliphatic rings. The van der Waals surface area contributed by atoms with Gasteiger partial charge in [0.05, 0.1) is 17.3 Å². The minimum atomic E-state index is -0.726. The summed E-state index contributed by atoms with van der Waals surface area (Å²) >= 11 is 7.76. The first-order chi connectivity index (χ1) is 8.06. The second kappa shape index (κ2) is 5.22. The van der Waals surface area contributed by atoms with Gasteiger partial charge in [-0.2, -0.15) is 0 Å².